The van der Waals surface area contributed by atoms with Crippen LogP contribution in [0.15, 0.2) is 12.2 Å². The molecule has 9 nitrogen and oxygen atoms in total. The third kappa shape index (κ3) is 51.5. The minimum Gasteiger partial charge on any atom is -0.756 e. The standard InChI is InChI=1S/C59H117N2O7P/c1-7-10-13-16-19-22-25-28-30-31-32-33-36-39-42-45-48-51-58(62)60-56(55-67-69(64,65)66-54-53-61(4,5)6)57(50-47-44-41-38-35-27-24-21-18-15-12-9-3)68-59(63)52-49-46-43-40-37-34-29-26-23-20-17-14-11-8-2/h47,50,56-57H,7-46,48-49,51-55H2,1-6H3,(H-,60,62,64,65)/b50-47+. The lowest BCUT2D eigenvalue weighted by Crippen LogP contribution is -2.47. The van der Waals surface area contributed by atoms with Crippen molar-refractivity contribution in [2.24, 2.45) is 0 Å². The van der Waals surface area contributed by atoms with Crippen molar-refractivity contribution in [3.8, 4) is 0 Å². The molecule has 0 saturated carbocycles. The summed E-state index contributed by atoms with van der Waals surface area (Å²) in [4.78, 5) is 39.9. The summed E-state index contributed by atoms with van der Waals surface area (Å²) in [5.74, 6) is -0.521. The first-order valence-electron chi connectivity index (χ1n) is 30.0. The van der Waals surface area contributed by atoms with Gasteiger partial charge >= 0.3 is 5.97 Å². The summed E-state index contributed by atoms with van der Waals surface area (Å²) >= 11 is 0. The molecular formula is C59H117N2O7P. The fourth-order valence-electron chi connectivity index (χ4n) is 9.05. The van der Waals surface area contributed by atoms with Gasteiger partial charge in [-0.2, -0.15) is 0 Å². The number of hydrogen-bond donors (Lipinski definition) is 1. The molecule has 0 aliphatic carbocycles. The molecule has 0 aliphatic rings. The van der Waals surface area contributed by atoms with Gasteiger partial charge in [-0.1, -0.05) is 271 Å². The van der Waals surface area contributed by atoms with Crippen LogP contribution in [0.1, 0.15) is 303 Å². The van der Waals surface area contributed by atoms with Crippen LogP contribution in [0.3, 0.4) is 0 Å². The van der Waals surface area contributed by atoms with E-state index in [1.54, 1.807) is 0 Å². The summed E-state index contributed by atoms with van der Waals surface area (Å²) in [6, 6.07) is -0.878. The van der Waals surface area contributed by atoms with Crippen LogP contribution in [-0.2, 0) is 27.9 Å². The van der Waals surface area contributed by atoms with E-state index in [9.17, 15) is 19.0 Å². The first-order valence-corrected chi connectivity index (χ1v) is 31.5. The molecule has 10 heteroatoms. The second kappa shape index (κ2) is 50.3. The Morgan fingerprint density at radius 1 is 0.493 bits per heavy atom. The zero-order valence-corrected chi connectivity index (χ0v) is 47.7. The van der Waals surface area contributed by atoms with Crippen molar-refractivity contribution in [2.45, 2.75) is 315 Å². The van der Waals surface area contributed by atoms with Crippen molar-refractivity contribution >= 4 is 19.7 Å². The van der Waals surface area contributed by atoms with Gasteiger partial charge in [0.25, 0.3) is 7.82 Å². The molecule has 0 spiro atoms. The van der Waals surface area contributed by atoms with Crippen molar-refractivity contribution < 1.29 is 37.3 Å². The Kier molecular flexibility index (Phi) is 49.4. The summed E-state index contributed by atoms with van der Waals surface area (Å²) in [6.07, 6.45) is 55.9. The molecule has 410 valence electrons. The molecule has 0 saturated heterocycles. The molecule has 0 bridgehead atoms. The number of carbonyl (C=O) groups excluding carboxylic acids is 2. The van der Waals surface area contributed by atoms with E-state index in [1.165, 1.54) is 212 Å². The number of phosphoric ester groups is 1. The number of likely N-dealkylation sites (N-methyl/N-ethyl adjacent to an activating group) is 1. The van der Waals surface area contributed by atoms with E-state index in [4.69, 9.17) is 13.8 Å². The van der Waals surface area contributed by atoms with E-state index in [1.807, 2.05) is 33.3 Å². The molecule has 1 amide bonds. The number of esters is 1. The van der Waals surface area contributed by atoms with Crippen LogP contribution < -0.4 is 10.2 Å². The lowest BCUT2D eigenvalue weighted by atomic mass is 10.0. The van der Waals surface area contributed by atoms with Crippen LogP contribution in [-0.4, -0.2) is 69.4 Å². The largest absolute Gasteiger partial charge is 0.756 e. The highest BCUT2D eigenvalue weighted by Gasteiger charge is 2.27. The summed E-state index contributed by atoms with van der Waals surface area (Å²) < 4.78 is 30.3. The highest BCUT2D eigenvalue weighted by atomic mass is 31.2. The van der Waals surface area contributed by atoms with E-state index in [0.717, 1.165) is 57.8 Å². The molecule has 0 aliphatic heterocycles. The van der Waals surface area contributed by atoms with Crippen molar-refractivity contribution in [3.05, 3.63) is 12.2 Å². The molecule has 69 heavy (non-hydrogen) atoms. The van der Waals surface area contributed by atoms with Crippen LogP contribution in [0.25, 0.3) is 0 Å². The Morgan fingerprint density at radius 2 is 0.826 bits per heavy atom. The van der Waals surface area contributed by atoms with Gasteiger partial charge in [0.15, 0.2) is 0 Å². The molecule has 0 aromatic heterocycles. The molecule has 0 aromatic rings. The van der Waals surface area contributed by atoms with Crippen molar-refractivity contribution in [1.29, 1.82) is 0 Å². The van der Waals surface area contributed by atoms with E-state index in [0.29, 0.717) is 17.4 Å². The maximum Gasteiger partial charge on any atom is 0.306 e. The fraction of sp³-hybridized carbons (Fsp3) is 0.932. The fourth-order valence-corrected chi connectivity index (χ4v) is 9.78. The highest BCUT2D eigenvalue weighted by molar-refractivity contribution is 7.45. The third-order valence-electron chi connectivity index (χ3n) is 13.7. The number of rotatable bonds is 55. The summed E-state index contributed by atoms with van der Waals surface area (Å²) in [7, 11) is 1.20. The van der Waals surface area contributed by atoms with Gasteiger partial charge in [-0.05, 0) is 31.8 Å². The monoisotopic (exact) mass is 997 g/mol. The van der Waals surface area contributed by atoms with Crippen molar-refractivity contribution in [2.75, 3.05) is 40.9 Å². The Bertz CT molecular complexity index is 1190. The van der Waals surface area contributed by atoms with E-state index in [-0.39, 0.29) is 31.5 Å². The second-order valence-electron chi connectivity index (χ2n) is 21.9. The third-order valence-corrected chi connectivity index (χ3v) is 14.7. The van der Waals surface area contributed by atoms with Gasteiger partial charge in [0.2, 0.25) is 5.91 Å². The number of carbonyl (C=O) groups is 2. The topological polar surface area (TPSA) is 114 Å². The minimum atomic E-state index is -4.69. The van der Waals surface area contributed by atoms with Crippen LogP contribution in [0.4, 0.5) is 0 Å². The van der Waals surface area contributed by atoms with Gasteiger partial charge in [-0.3, -0.25) is 14.2 Å². The Balaban J connectivity index is 5.26. The Morgan fingerprint density at radius 3 is 1.19 bits per heavy atom. The predicted octanol–water partition coefficient (Wildman–Crippen LogP) is 17.4. The quantitative estimate of drug-likeness (QED) is 0.0212. The lowest BCUT2D eigenvalue weighted by Gasteiger charge is -2.30. The Labute approximate surface area is 429 Å². The SMILES string of the molecule is CCCCCCCCCCCC/C=C/C(OC(=O)CCCCCCCCCCCCCCCC)C(COP(=O)([O-])OCC[N+](C)(C)C)NC(=O)CCCCCCCCCCCCCCCCCCC. The molecule has 0 fully saturated rings. The Hall–Kier alpha value is -1.25. The number of unbranched alkanes of at least 4 members (excludes halogenated alkanes) is 39. The smallest absolute Gasteiger partial charge is 0.306 e. The zero-order chi connectivity index (χ0) is 50.8. The molecule has 3 unspecified atom stereocenters. The second-order valence-corrected chi connectivity index (χ2v) is 23.3. The summed E-state index contributed by atoms with van der Waals surface area (Å²) in [5, 5.41) is 3.03. The molecule has 0 radical (unpaired) electrons. The van der Waals surface area contributed by atoms with Crippen LogP contribution >= 0.6 is 7.82 Å². The van der Waals surface area contributed by atoms with Gasteiger partial charge in [-0.25, -0.2) is 0 Å². The molecule has 1 N–H and O–H groups in total. The predicted molar refractivity (Wildman–Crippen MR) is 294 cm³/mol. The number of allylic oxidation sites excluding steroid dienone is 1. The molecular weight excluding hydrogens is 880 g/mol. The first-order chi connectivity index (χ1) is 33.4. The van der Waals surface area contributed by atoms with Gasteiger partial charge in [0.1, 0.15) is 19.3 Å². The normalized spacial score (nSPS) is 13.8. The van der Waals surface area contributed by atoms with Gasteiger partial charge in [0, 0.05) is 12.8 Å². The summed E-state index contributed by atoms with van der Waals surface area (Å²) in [6.45, 7) is 6.88. The molecule has 3 atom stereocenters. The van der Waals surface area contributed by atoms with Gasteiger partial charge in [0.05, 0.1) is 33.8 Å². The van der Waals surface area contributed by atoms with Crippen LogP contribution in [0, 0.1) is 0 Å². The zero-order valence-electron chi connectivity index (χ0n) is 46.8. The van der Waals surface area contributed by atoms with E-state index in [2.05, 4.69) is 26.1 Å². The minimum absolute atomic E-state index is 0.0169. The van der Waals surface area contributed by atoms with Gasteiger partial charge in [-0.15, -0.1) is 0 Å². The maximum atomic E-state index is 13.5. The van der Waals surface area contributed by atoms with Crippen molar-refractivity contribution in [1.82, 2.24) is 5.32 Å². The average Bonchev–Trinajstić information content (AvgIpc) is 3.31. The highest BCUT2D eigenvalue weighted by Crippen LogP contribution is 2.38. The average molecular weight is 998 g/mol. The number of amides is 1. The van der Waals surface area contributed by atoms with Crippen LogP contribution in [0.2, 0.25) is 0 Å². The lowest BCUT2D eigenvalue weighted by molar-refractivity contribution is -0.870. The van der Waals surface area contributed by atoms with Gasteiger partial charge < -0.3 is 28.5 Å². The number of hydrogen-bond acceptors (Lipinski definition) is 7. The van der Waals surface area contributed by atoms with Crippen LogP contribution in [0.5, 0.6) is 0 Å². The van der Waals surface area contributed by atoms with Crippen molar-refractivity contribution in [3.63, 3.8) is 0 Å². The number of ether oxygens (including phenoxy) is 1. The number of quaternary nitrogens is 1. The first kappa shape index (κ1) is 67.8. The molecule has 0 rings (SSSR count). The maximum absolute atomic E-state index is 13.5. The molecule has 0 heterocycles. The van der Waals surface area contributed by atoms with E-state index >= 15 is 0 Å². The number of phosphoric acid groups is 1. The van der Waals surface area contributed by atoms with E-state index < -0.39 is 20.0 Å². The summed E-state index contributed by atoms with van der Waals surface area (Å²) in [5.41, 5.74) is 0. The number of nitrogens with one attached hydrogen (secondary N) is 1. The molecule has 0 aromatic carbocycles. The number of nitrogens with zero attached hydrogens (tertiary/aromatic N) is 1.